The highest BCUT2D eigenvalue weighted by atomic mass is 32.2. The Morgan fingerprint density at radius 2 is 2.18 bits per heavy atom. The molecule has 0 aliphatic heterocycles. The van der Waals surface area contributed by atoms with E-state index in [0.717, 1.165) is 5.92 Å². The first-order valence-electron chi connectivity index (χ1n) is 4.36. The van der Waals surface area contributed by atoms with Crippen molar-refractivity contribution in [3.05, 3.63) is 0 Å². The summed E-state index contributed by atoms with van der Waals surface area (Å²) in [5, 5.41) is 3.48. The lowest BCUT2D eigenvalue weighted by Gasteiger charge is -2.04. The fourth-order valence-corrected chi connectivity index (χ4v) is 1.72. The molecule has 0 radical (unpaired) electrons. The van der Waals surface area contributed by atoms with Crippen molar-refractivity contribution in [2.75, 3.05) is 25.1 Å². The van der Waals surface area contributed by atoms with Crippen LogP contribution in [-0.4, -0.2) is 25.1 Å². The van der Waals surface area contributed by atoms with Gasteiger partial charge in [-0.2, -0.15) is 11.8 Å². The Balaban J connectivity index is 1.90. The number of rotatable bonds is 5. The maximum absolute atomic E-state index is 3.48. The monoisotopic (exact) mass is 173 g/mol. The molecule has 0 saturated heterocycles. The molecule has 1 atom stereocenters. The third-order valence-electron chi connectivity index (χ3n) is 2.59. The number of hydrogen-bond donors (Lipinski definition) is 1. The van der Waals surface area contributed by atoms with Crippen molar-refractivity contribution in [1.82, 2.24) is 5.32 Å². The molecule has 1 unspecified atom stereocenters. The highest BCUT2D eigenvalue weighted by molar-refractivity contribution is 7.98. The van der Waals surface area contributed by atoms with Crippen molar-refractivity contribution in [3.63, 3.8) is 0 Å². The summed E-state index contributed by atoms with van der Waals surface area (Å²) in [4.78, 5) is 0. The second kappa shape index (κ2) is 3.81. The van der Waals surface area contributed by atoms with Gasteiger partial charge in [-0.15, -0.1) is 0 Å². The summed E-state index contributed by atoms with van der Waals surface area (Å²) in [6.45, 7) is 7.11. The molecule has 1 aliphatic carbocycles. The topological polar surface area (TPSA) is 12.0 Å². The normalized spacial score (nSPS) is 27.0. The van der Waals surface area contributed by atoms with E-state index >= 15 is 0 Å². The van der Waals surface area contributed by atoms with Crippen molar-refractivity contribution in [3.8, 4) is 0 Å². The van der Waals surface area contributed by atoms with Crippen molar-refractivity contribution in [2.24, 2.45) is 11.3 Å². The molecule has 11 heavy (non-hydrogen) atoms. The van der Waals surface area contributed by atoms with E-state index in [-0.39, 0.29) is 0 Å². The predicted octanol–water partition coefficient (Wildman–Crippen LogP) is 1.99. The molecule has 66 valence electrons. The smallest absolute Gasteiger partial charge is 0.00553 e. The van der Waals surface area contributed by atoms with Gasteiger partial charge in [0.15, 0.2) is 0 Å². The summed E-state index contributed by atoms with van der Waals surface area (Å²) in [5.74, 6) is 2.19. The van der Waals surface area contributed by atoms with Gasteiger partial charge in [0.05, 0.1) is 0 Å². The molecule has 0 aromatic heterocycles. The van der Waals surface area contributed by atoms with Crippen LogP contribution < -0.4 is 5.32 Å². The van der Waals surface area contributed by atoms with Gasteiger partial charge in [0, 0.05) is 12.3 Å². The Kier molecular flexibility index (Phi) is 3.26. The Morgan fingerprint density at radius 3 is 2.64 bits per heavy atom. The molecular formula is C9H19NS. The molecule has 0 aromatic rings. The van der Waals surface area contributed by atoms with Crippen molar-refractivity contribution in [1.29, 1.82) is 0 Å². The van der Waals surface area contributed by atoms with Gasteiger partial charge < -0.3 is 5.32 Å². The second-order valence-electron chi connectivity index (χ2n) is 4.09. The third-order valence-corrected chi connectivity index (χ3v) is 3.20. The standard InChI is InChI=1S/C9H19NS/c1-9(2)6-8(9)7-10-4-5-11-3/h8,10H,4-7H2,1-3H3. The lowest BCUT2D eigenvalue weighted by Crippen LogP contribution is -2.21. The summed E-state index contributed by atoms with van der Waals surface area (Å²) in [6.07, 6.45) is 3.57. The molecule has 1 rings (SSSR count). The first kappa shape index (κ1) is 9.40. The lowest BCUT2D eigenvalue weighted by molar-refractivity contribution is 0.528. The van der Waals surface area contributed by atoms with Gasteiger partial charge >= 0.3 is 0 Å². The van der Waals surface area contributed by atoms with Crippen LogP contribution in [0.5, 0.6) is 0 Å². The number of thioether (sulfide) groups is 1. The third kappa shape index (κ3) is 3.04. The highest BCUT2D eigenvalue weighted by Crippen LogP contribution is 2.50. The zero-order valence-electron chi connectivity index (χ0n) is 7.81. The summed E-state index contributed by atoms with van der Waals surface area (Å²) in [6, 6.07) is 0. The molecule has 0 spiro atoms. The van der Waals surface area contributed by atoms with E-state index < -0.39 is 0 Å². The van der Waals surface area contributed by atoms with Crippen molar-refractivity contribution >= 4 is 11.8 Å². The largest absolute Gasteiger partial charge is 0.316 e. The van der Waals surface area contributed by atoms with Gasteiger partial charge in [-0.25, -0.2) is 0 Å². The Morgan fingerprint density at radius 1 is 1.55 bits per heavy atom. The molecule has 0 bridgehead atoms. The Hall–Kier alpha value is 0.310. The van der Waals surface area contributed by atoms with Gasteiger partial charge in [0.25, 0.3) is 0 Å². The average Bonchev–Trinajstić information content (AvgIpc) is 2.52. The predicted molar refractivity (Wildman–Crippen MR) is 53.1 cm³/mol. The van der Waals surface area contributed by atoms with Gasteiger partial charge in [-0.05, 0) is 30.6 Å². The van der Waals surface area contributed by atoms with Crippen LogP contribution in [0.2, 0.25) is 0 Å². The molecule has 1 saturated carbocycles. The molecule has 1 fully saturated rings. The molecule has 1 aliphatic rings. The van der Waals surface area contributed by atoms with Crippen molar-refractivity contribution in [2.45, 2.75) is 20.3 Å². The summed E-state index contributed by atoms with van der Waals surface area (Å²) in [5.41, 5.74) is 0.645. The molecule has 0 heterocycles. The van der Waals surface area contributed by atoms with Gasteiger partial charge in [0.2, 0.25) is 0 Å². The molecule has 0 amide bonds. The van der Waals surface area contributed by atoms with E-state index in [9.17, 15) is 0 Å². The zero-order chi connectivity index (χ0) is 8.32. The summed E-state index contributed by atoms with van der Waals surface area (Å²) < 4.78 is 0. The minimum atomic E-state index is 0.645. The first-order valence-corrected chi connectivity index (χ1v) is 5.76. The van der Waals surface area contributed by atoms with E-state index in [4.69, 9.17) is 0 Å². The zero-order valence-corrected chi connectivity index (χ0v) is 8.63. The van der Waals surface area contributed by atoms with E-state index in [0.29, 0.717) is 5.41 Å². The first-order chi connectivity index (χ1) is 5.17. The van der Waals surface area contributed by atoms with E-state index in [1.165, 1.54) is 25.3 Å². The number of hydrogen-bond acceptors (Lipinski definition) is 2. The maximum atomic E-state index is 3.48. The average molecular weight is 173 g/mol. The summed E-state index contributed by atoms with van der Waals surface area (Å²) >= 11 is 1.91. The lowest BCUT2D eigenvalue weighted by atomic mass is 10.1. The van der Waals surface area contributed by atoms with Crippen molar-refractivity contribution < 1.29 is 0 Å². The molecule has 2 heteroatoms. The highest BCUT2D eigenvalue weighted by Gasteiger charge is 2.44. The Bertz CT molecular complexity index is 123. The fraction of sp³-hybridized carbons (Fsp3) is 1.00. The van der Waals surface area contributed by atoms with Crippen LogP contribution in [0, 0.1) is 11.3 Å². The van der Waals surface area contributed by atoms with Crippen LogP contribution in [0.25, 0.3) is 0 Å². The molecule has 1 nitrogen and oxygen atoms in total. The van der Waals surface area contributed by atoms with Crippen LogP contribution >= 0.6 is 11.8 Å². The summed E-state index contributed by atoms with van der Waals surface area (Å²) in [7, 11) is 0. The van der Waals surface area contributed by atoms with Crippen LogP contribution in [0.1, 0.15) is 20.3 Å². The van der Waals surface area contributed by atoms with Crippen LogP contribution in [0.15, 0.2) is 0 Å². The minimum absolute atomic E-state index is 0.645. The molecule has 0 aromatic carbocycles. The number of nitrogens with one attached hydrogen (secondary N) is 1. The second-order valence-corrected chi connectivity index (χ2v) is 5.07. The Labute approximate surface area is 74.3 Å². The van der Waals surface area contributed by atoms with Crippen LogP contribution in [-0.2, 0) is 0 Å². The SMILES string of the molecule is CSCCNCC1CC1(C)C. The van der Waals surface area contributed by atoms with Gasteiger partial charge in [-0.1, -0.05) is 13.8 Å². The van der Waals surface area contributed by atoms with Crippen LogP contribution in [0.3, 0.4) is 0 Å². The molecular weight excluding hydrogens is 154 g/mol. The maximum Gasteiger partial charge on any atom is 0.00553 e. The van der Waals surface area contributed by atoms with E-state index in [1.54, 1.807) is 0 Å². The van der Waals surface area contributed by atoms with Gasteiger partial charge in [-0.3, -0.25) is 0 Å². The van der Waals surface area contributed by atoms with E-state index in [2.05, 4.69) is 25.4 Å². The van der Waals surface area contributed by atoms with Crippen LogP contribution in [0.4, 0.5) is 0 Å². The fourth-order valence-electron chi connectivity index (χ4n) is 1.38. The minimum Gasteiger partial charge on any atom is -0.316 e. The molecule has 1 N–H and O–H groups in total. The van der Waals surface area contributed by atoms with E-state index in [1.807, 2.05) is 11.8 Å². The van der Waals surface area contributed by atoms with Gasteiger partial charge in [0.1, 0.15) is 0 Å². The quantitative estimate of drug-likeness (QED) is 0.638.